The van der Waals surface area contributed by atoms with Crippen molar-refractivity contribution in [2.75, 3.05) is 0 Å². The molecule has 4 N–H and O–H groups in total. The number of aromatic hydroxyl groups is 4. The van der Waals surface area contributed by atoms with Gasteiger partial charge in [-0.2, -0.15) is 0 Å². The Hall–Kier alpha value is -2.36. The fraction of sp³-hybridized carbons (Fsp3) is 0.455. The van der Waals surface area contributed by atoms with Crippen LogP contribution in [0.4, 0.5) is 0 Å². The number of benzene rings is 2. The lowest BCUT2D eigenvalue weighted by Gasteiger charge is -2.62. The molecular weight excluding hydrogens is 328 g/mol. The van der Waals surface area contributed by atoms with Gasteiger partial charge in [0.2, 0.25) is 0 Å². The first kappa shape index (κ1) is 15.9. The van der Waals surface area contributed by atoms with Gasteiger partial charge in [-0.25, -0.2) is 0 Å². The zero-order valence-electron chi connectivity index (χ0n) is 14.6. The lowest BCUT2D eigenvalue weighted by atomic mass is 9.42. The zero-order chi connectivity index (χ0) is 18.1. The quantitative estimate of drug-likeness (QED) is 0.609. The summed E-state index contributed by atoms with van der Waals surface area (Å²) in [5.74, 6) is 2.04. The molecule has 0 aromatic heterocycles. The van der Waals surface area contributed by atoms with Crippen LogP contribution in [0.15, 0.2) is 36.4 Å². The highest BCUT2D eigenvalue weighted by Crippen LogP contribution is 2.65. The molecule has 4 aliphatic rings. The SMILES string of the molecule is Oc1ccc(C2(c3ccc(O)c(O)c3)C3CC4CC(C3)CC2C4)cc1O. The fourth-order valence-corrected chi connectivity index (χ4v) is 6.60. The molecule has 4 aliphatic carbocycles. The summed E-state index contributed by atoms with van der Waals surface area (Å²) in [4.78, 5) is 0. The molecule has 4 heteroatoms. The molecule has 0 spiro atoms. The molecule has 0 heterocycles. The van der Waals surface area contributed by atoms with Gasteiger partial charge in [0.25, 0.3) is 0 Å². The molecule has 0 saturated heterocycles. The molecule has 4 nitrogen and oxygen atoms in total. The van der Waals surface area contributed by atoms with Crippen molar-refractivity contribution in [3.63, 3.8) is 0 Å². The molecule has 0 atom stereocenters. The highest BCUT2D eigenvalue weighted by atomic mass is 16.3. The summed E-state index contributed by atoms with van der Waals surface area (Å²) in [6.45, 7) is 0. The highest BCUT2D eigenvalue weighted by molar-refractivity contribution is 5.53. The molecule has 0 aliphatic heterocycles. The predicted octanol–water partition coefficient (Wildman–Crippen LogP) is 4.25. The number of hydrogen-bond donors (Lipinski definition) is 4. The summed E-state index contributed by atoms with van der Waals surface area (Å²) in [5.41, 5.74) is 1.72. The predicted molar refractivity (Wildman–Crippen MR) is 97.4 cm³/mol. The van der Waals surface area contributed by atoms with E-state index in [1.165, 1.54) is 6.42 Å². The first-order valence-electron chi connectivity index (χ1n) is 9.53. The Morgan fingerprint density at radius 3 is 1.38 bits per heavy atom. The van der Waals surface area contributed by atoms with Gasteiger partial charge in [0.05, 0.1) is 0 Å². The summed E-state index contributed by atoms with van der Waals surface area (Å²) in [5, 5.41) is 40.0. The maximum Gasteiger partial charge on any atom is 0.157 e. The number of phenolic OH excluding ortho intramolecular Hbond substituents is 4. The van der Waals surface area contributed by atoms with Gasteiger partial charge in [0.15, 0.2) is 23.0 Å². The smallest absolute Gasteiger partial charge is 0.157 e. The van der Waals surface area contributed by atoms with E-state index >= 15 is 0 Å². The summed E-state index contributed by atoms with van der Waals surface area (Å²) >= 11 is 0. The van der Waals surface area contributed by atoms with Crippen molar-refractivity contribution < 1.29 is 20.4 Å². The molecule has 4 saturated carbocycles. The van der Waals surface area contributed by atoms with E-state index in [2.05, 4.69) is 0 Å². The average molecular weight is 352 g/mol. The second-order valence-corrected chi connectivity index (χ2v) is 8.58. The van der Waals surface area contributed by atoms with Gasteiger partial charge in [0.1, 0.15) is 0 Å². The lowest BCUT2D eigenvalue weighted by Crippen LogP contribution is -2.56. The largest absolute Gasteiger partial charge is 0.504 e. The Balaban J connectivity index is 1.75. The molecule has 2 aromatic carbocycles. The molecule has 4 bridgehead atoms. The van der Waals surface area contributed by atoms with Crippen LogP contribution >= 0.6 is 0 Å². The van der Waals surface area contributed by atoms with Gasteiger partial charge >= 0.3 is 0 Å². The number of hydrogen-bond acceptors (Lipinski definition) is 4. The van der Waals surface area contributed by atoms with E-state index in [0.29, 0.717) is 11.8 Å². The van der Waals surface area contributed by atoms with Crippen LogP contribution < -0.4 is 0 Å². The Morgan fingerprint density at radius 1 is 0.577 bits per heavy atom. The standard InChI is InChI=1S/C22H24O4/c23-18-3-1-14(10-20(18)25)22(15-2-4-19(24)21(26)11-15)16-6-12-5-13(8-16)9-17(22)7-12/h1-4,10-13,16-17,23-26H,5-9H2. The van der Waals surface area contributed by atoms with Gasteiger partial charge in [-0.15, -0.1) is 0 Å². The third kappa shape index (κ3) is 2.01. The number of rotatable bonds is 2. The Bertz CT molecular complexity index is 791. The van der Waals surface area contributed by atoms with Crippen molar-refractivity contribution in [1.29, 1.82) is 0 Å². The second-order valence-electron chi connectivity index (χ2n) is 8.58. The van der Waals surface area contributed by atoms with Crippen molar-refractivity contribution in [3.8, 4) is 23.0 Å². The van der Waals surface area contributed by atoms with Crippen molar-refractivity contribution in [2.24, 2.45) is 23.7 Å². The monoisotopic (exact) mass is 352 g/mol. The van der Waals surface area contributed by atoms with Crippen LogP contribution in [0.25, 0.3) is 0 Å². The molecule has 0 radical (unpaired) electrons. The summed E-state index contributed by atoms with van der Waals surface area (Å²) in [7, 11) is 0. The van der Waals surface area contributed by atoms with Crippen LogP contribution in [-0.2, 0) is 5.41 Å². The van der Waals surface area contributed by atoms with Gasteiger partial charge in [-0.3, -0.25) is 0 Å². The van der Waals surface area contributed by atoms with Crippen LogP contribution in [-0.4, -0.2) is 20.4 Å². The van der Waals surface area contributed by atoms with Crippen LogP contribution in [0, 0.1) is 23.7 Å². The molecule has 0 amide bonds. The highest BCUT2D eigenvalue weighted by Gasteiger charge is 2.58. The Labute approximate surface area is 152 Å². The molecule has 26 heavy (non-hydrogen) atoms. The average Bonchev–Trinajstić information content (AvgIpc) is 2.60. The van der Waals surface area contributed by atoms with Crippen LogP contribution in [0.3, 0.4) is 0 Å². The Kier molecular flexibility index (Phi) is 3.25. The molecule has 0 unspecified atom stereocenters. The minimum atomic E-state index is -0.288. The van der Waals surface area contributed by atoms with Crippen LogP contribution in [0.2, 0.25) is 0 Å². The van der Waals surface area contributed by atoms with Crippen LogP contribution in [0.5, 0.6) is 23.0 Å². The molecular formula is C22H24O4. The lowest BCUT2D eigenvalue weighted by molar-refractivity contribution is -0.0419. The van der Waals surface area contributed by atoms with Crippen molar-refractivity contribution >= 4 is 0 Å². The fourth-order valence-electron chi connectivity index (χ4n) is 6.60. The van der Waals surface area contributed by atoms with E-state index in [9.17, 15) is 20.4 Å². The summed E-state index contributed by atoms with van der Waals surface area (Å²) < 4.78 is 0. The molecule has 6 rings (SSSR count). The van der Waals surface area contributed by atoms with E-state index in [0.717, 1.165) is 48.6 Å². The maximum atomic E-state index is 10.2. The third-order valence-corrected chi connectivity index (χ3v) is 7.33. The van der Waals surface area contributed by atoms with E-state index in [-0.39, 0.29) is 28.4 Å². The topological polar surface area (TPSA) is 80.9 Å². The first-order chi connectivity index (χ1) is 12.5. The molecule has 136 valence electrons. The van der Waals surface area contributed by atoms with E-state index in [4.69, 9.17) is 0 Å². The van der Waals surface area contributed by atoms with Gasteiger partial charge in [-0.05, 0) is 91.2 Å². The molecule has 4 fully saturated rings. The number of phenols is 4. The minimum absolute atomic E-state index is 0.0984. The van der Waals surface area contributed by atoms with Gasteiger partial charge in [0, 0.05) is 5.41 Å². The zero-order valence-corrected chi connectivity index (χ0v) is 14.6. The second kappa shape index (κ2) is 5.32. The van der Waals surface area contributed by atoms with E-state index < -0.39 is 0 Å². The van der Waals surface area contributed by atoms with E-state index in [1.54, 1.807) is 24.3 Å². The summed E-state index contributed by atoms with van der Waals surface area (Å²) in [6, 6.07) is 10.4. The molecule has 2 aromatic rings. The minimum Gasteiger partial charge on any atom is -0.504 e. The van der Waals surface area contributed by atoms with Crippen molar-refractivity contribution in [2.45, 2.75) is 37.5 Å². The Morgan fingerprint density at radius 2 is 1.00 bits per heavy atom. The van der Waals surface area contributed by atoms with Crippen molar-refractivity contribution in [3.05, 3.63) is 47.5 Å². The van der Waals surface area contributed by atoms with Gasteiger partial charge < -0.3 is 20.4 Å². The van der Waals surface area contributed by atoms with Gasteiger partial charge in [-0.1, -0.05) is 12.1 Å². The normalized spacial score (nSPS) is 31.2. The summed E-state index contributed by atoms with van der Waals surface area (Å²) in [6.07, 6.45) is 5.99. The van der Waals surface area contributed by atoms with Crippen molar-refractivity contribution in [1.82, 2.24) is 0 Å². The first-order valence-corrected chi connectivity index (χ1v) is 9.53. The van der Waals surface area contributed by atoms with E-state index in [1.807, 2.05) is 12.1 Å². The van der Waals surface area contributed by atoms with Crippen LogP contribution in [0.1, 0.15) is 43.2 Å². The maximum absolute atomic E-state index is 10.2. The third-order valence-electron chi connectivity index (χ3n) is 7.33.